The maximum Gasteiger partial charge on any atom is 0.127 e. The molecule has 3 rings (SSSR count). The van der Waals surface area contributed by atoms with Gasteiger partial charge in [0, 0.05) is 6.54 Å². The van der Waals surface area contributed by atoms with E-state index in [1.165, 1.54) is 32.4 Å². The van der Waals surface area contributed by atoms with Crippen LogP contribution < -0.4 is 4.74 Å². The number of piperidine rings is 1. The summed E-state index contributed by atoms with van der Waals surface area (Å²) in [6.07, 6.45) is 4.67. The molecule has 3 heteroatoms. The third-order valence-electron chi connectivity index (χ3n) is 4.82. The molecule has 1 unspecified atom stereocenters. The highest BCUT2D eigenvalue weighted by molar-refractivity contribution is 5.34. The Kier molecular flexibility index (Phi) is 5.54. The molecule has 24 heavy (non-hydrogen) atoms. The van der Waals surface area contributed by atoms with Crippen LogP contribution in [-0.4, -0.2) is 29.6 Å². The number of benzene rings is 2. The number of hydrogen-bond acceptors (Lipinski definition) is 3. The minimum Gasteiger partial charge on any atom is -0.457 e. The number of hydrogen-bond donors (Lipinski definition) is 1. The van der Waals surface area contributed by atoms with Gasteiger partial charge in [-0.1, -0.05) is 36.8 Å². The average molecular weight is 325 g/mol. The Morgan fingerprint density at radius 1 is 0.917 bits per heavy atom. The van der Waals surface area contributed by atoms with Crippen LogP contribution in [-0.2, 0) is 5.60 Å². The third-order valence-corrected chi connectivity index (χ3v) is 4.82. The van der Waals surface area contributed by atoms with E-state index in [4.69, 9.17) is 4.74 Å². The van der Waals surface area contributed by atoms with Crippen molar-refractivity contribution >= 4 is 0 Å². The van der Waals surface area contributed by atoms with Gasteiger partial charge in [0.05, 0.1) is 5.60 Å². The first-order chi connectivity index (χ1) is 11.6. The van der Waals surface area contributed by atoms with Gasteiger partial charge in [-0.25, -0.2) is 0 Å². The van der Waals surface area contributed by atoms with E-state index in [0.717, 1.165) is 30.0 Å². The van der Waals surface area contributed by atoms with Gasteiger partial charge in [0.15, 0.2) is 0 Å². The summed E-state index contributed by atoms with van der Waals surface area (Å²) in [6, 6.07) is 17.5. The number of para-hydroxylation sites is 1. The molecule has 0 spiro atoms. The van der Waals surface area contributed by atoms with Crippen molar-refractivity contribution in [2.45, 2.75) is 38.2 Å². The molecule has 0 aromatic heterocycles. The molecule has 0 amide bonds. The highest BCUT2D eigenvalue weighted by Crippen LogP contribution is 2.28. The zero-order chi connectivity index (χ0) is 16.8. The molecule has 128 valence electrons. The van der Waals surface area contributed by atoms with Crippen LogP contribution in [0.1, 0.15) is 38.2 Å². The number of likely N-dealkylation sites (tertiary alicyclic amines) is 1. The van der Waals surface area contributed by atoms with Crippen molar-refractivity contribution in [3.8, 4) is 11.5 Å². The lowest BCUT2D eigenvalue weighted by Gasteiger charge is -2.31. The SMILES string of the molecule is CC(O)(CCN1CCCCC1)c1ccc(Oc2ccccc2)cc1. The second-order valence-electron chi connectivity index (χ2n) is 6.87. The highest BCUT2D eigenvalue weighted by atomic mass is 16.5. The topological polar surface area (TPSA) is 32.7 Å². The third kappa shape index (κ3) is 4.59. The molecule has 3 nitrogen and oxygen atoms in total. The van der Waals surface area contributed by atoms with Crippen LogP contribution in [0.25, 0.3) is 0 Å². The molecule has 1 saturated heterocycles. The second-order valence-corrected chi connectivity index (χ2v) is 6.87. The van der Waals surface area contributed by atoms with E-state index in [1.807, 2.05) is 61.5 Å². The average Bonchev–Trinajstić information content (AvgIpc) is 2.62. The van der Waals surface area contributed by atoms with E-state index in [-0.39, 0.29) is 0 Å². The smallest absolute Gasteiger partial charge is 0.127 e. The molecule has 0 bridgehead atoms. The molecule has 1 heterocycles. The number of nitrogens with zero attached hydrogens (tertiary/aromatic N) is 1. The summed E-state index contributed by atoms with van der Waals surface area (Å²) >= 11 is 0. The van der Waals surface area contributed by atoms with Crippen molar-refractivity contribution in [3.63, 3.8) is 0 Å². The van der Waals surface area contributed by atoms with Crippen LogP contribution in [0, 0.1) is 0 Å². The Balaban J connectivity index is 1.58. The van der Waals surface area contributed by atoms with Crippen molar-refractivity contribution in [1.82, 2.24) is 4.90 Å². The Hall–Kier alpha value is -1.84. The first-order valence-electron chi connectivity index (χ1n) is 8.92. The summed E-state index contributed by atoms with van der Waals surface area (Å²) in [7, 11) is 0. The molecule has 0 aliphatic carbocycles. The molecule has 0 radical (unpaired) electrons. The Morgan fingerprint density at radius 3 is 2.21 bits per heavy atom. The maximum atomic E-state index is 10.8. The van der Waals surface area contributed by atoms with Crippen LogP contribution in [0.2, 0.25) is 0 Å². The maximum absolute atomic E-state index is 10.8. The van der Waals surface area contributed by atoms with Crippen molar-refractivity contribution in [2.75, 3.05) is 19.6 Å². The molecular formula is C21H27NO2. The monoisotopic (exact) mass is 325 g/mol. The molecule has 1 aliphatic rings. The Bertz CT molecular complexity index is 616. The molecule has 2 aromatic rings. The van der Waals surface area contributed by atoms with Gasteiger partial charge in [-0.2, -0.15) is 0 Å². The number of aliphatic hydroxyl groups is 1. The van der Waals surface area contributed by atoms with E-state index >= 15 is 0 Å². The zero-order valence-electron chi connectivity index (χ0n) is 14.4. The van der Waals surface area contributed by atoms with Gasteiger partial charge in [0.2, 0.25) is 0 Å². The fourth-order valence-corrected chi connectivity index (χ4v) is 3.21. The van der Waals surface area contributed by atoms with E-state index < -0.39 is 5.60 Å². The lowest BCUT2D eigenvalue weighted by molar-refractivity contribution is 0.0337. The standard InChI is InChI=1S/C21H27NO2/c1-21(23,14-17-22-15-6-3-7-16-22)18-10-12-20(13-11-18)24-19-8-4-2-5-9-19/h2,4-5,8-13,23H,3,6-7,14-17H2,1H3. The van der Waals surface area contributed by atoms with E-state index in [9.17, 15) is 5.11 Å². The van der Waals surface area contributed by atoms with Crippen LogP contribution in [0.5, 0.6) is 11.5 Å². The number of rotatable bonds is 6. The molecule has 0 saturated carbocycles. The normalized spacial score (nSPS) is 18.1. The van der Waals surface area contributed by atoms with Gasteiger partial charge in [-0.3, -0.25) is 0 Å². The van der Waals surface area contributed by atoms with Crippen molar-refractivity contribution < 1.29 is 9.84 Å². The van der Waals surface area contributed by atoms with Crippen molar-refractivity contribution in [2.24, 2.45) is 0 Å². The predicted octanol–water partition coefficient (Wildman–Crippen LogP) is 4.56. The van der Waals surface area contributed by atoms with Crippen molar-refractivity contribution in [3.05, 3.63) is 60.2 Å². The Labute approximate surface area is 144 Å². The summed E-state index contributed by atoms with van der Waals surface area (Å²) < 4.78 is 5.81. The van der Waals surface area contributed by atoms with Crippen LogP contribution in [0.4, 0.5) is 0 Å². The predicted molar refractivity (Wildman–Crippen MR) is 97.4 cm³/mol. The minimum atomic E-state index is -0.803. The highest BCUT2D eigenvalue weighted by Gasteiger charge is 2.24. The summed E-state index contributed by atoms with van der Waals surface area (Å²) in [6.45, 7) is 5.19. The summed E-state index contributed by atoms with van der Waals surface area (Å²) in [4.78, 5) is 2.46. The molecule has 2 aromatic carbocycles. The summed E-state index contributed by atoms with van der Waals surface area (Å²) in [5.41, 5.74) is 0.142. The fraction of sp³-hybridized carbons (Fsp3) is 0.429. The lowest BCUT2D eigenvalue weighted by Crippen LogP contribution is -2.34. The summed E-state index contributed by atoms with van der Waals surface area (Å²) in [5, 5.41) is 10.8. The second kappa shape index (κ2) is 7.82. The van der Waals surface area contributed by atoms with Gasteiger partial charge in [0.25, 0.3) is 0 Å². The molecule has 1 fully saturated rings. The molecule has 1 aliphatic heterocycles. The minimum absolute atomic E-state index is 0.756. The van der Waals surface area contributed by atoms with Crippen LogP contribution in [0.15, 0.2) is 54.6 Å². The van der Waals surface area contributed by atoms with Gasteiger partial charge in [0.1, 0.15) is 11.5 Å². The largest absolute Gasteiger partial charge is 0.457 e. The molecule has 1 N–H and O–H groups in total. The fourth-order valence-electron chi connectivity index (χ4n) is 3.21. The van der Waals surface area contributed by atoms with E-state index in [2.05, 4.69) is 4.90 Å². The zero-order valence-corrected chi connectivity index (χ0v) is 14.4. The molecular weight excluding hydrogens is 298 g/mol. The van der Waals surface area contributed by atoms with Gasteiger partial charge in [-0.05, 0) is 69.1 Å². The molecule has 1 atom stereocenters. The first kappa shape index (κ1) is 17.0. The van der Waals surface area contributed by atoms with Gasteiger partial charge < -0.3 is 14.7 Å². The first-order valence-corrected chi connectivity index (χ1v) is 8.92. The van der Waals surface area contributed by atoms with Gasteiger partial charge in [-0.15, -0.1) is 0 Å². The van der Waals surface area contributed by atoms with E-state index in [1.54, 1.807) is 0 Å². The van der Waals surface area contributed by atoms with Crippen molar-refractivity contribution in [1.29, 1.82) is 0 Å². The summed E-state index contributed by atoms with van der Waals surface area (Å²) in [5.74, 6) is 1.61. The quantitative estimate of drug-likeness (QED) is 0.845. The van der Waals surface area contributed by atoms with Gasteiger partial charge >= 0.3 is 0 Å². The van der Waals surface area contributed by atoms with Crippen LogP contribution in [0.3, 0.4) is 0 Å². The van der Waals surface area contributed by atoms with E-state index in [0.29, 0.717) is 0 Å². The lowest BCUT2D eigenvalue weighted by atomic mass is 9.92. The Morgan fingerprint density at radius 2 is 1.54 bits per heavy atom. The van der Waals surface area contributed by atoms with Crippen LogP contribution >= 0.6 is 0 Å². The number of ether oxygens (including phenoxy) is 1.